The Kier molecular flexibility index (Phi) is 6.22. The molecule has 0 aliphatic rings. The molecule has 0 amide bonds. The smallest absolute Gasteiger partial charge is 0.332 e. The van der Waals surface area contributed by atoms with Gasteiger partial charge in [0.1, 0.15) is 21.5 Å². The number of hydrogen-bond acceptors (Lipinski definition) is 7. The van der Waals surface area contributed by atoms with Crippen LogP contribution in [0.25, 0.3) is 11.0 Å². The Hall–Kier alpha value is -2.16. The topological polar surface area (TPSA) is 96.1 Å². The normalized spacial score (nSPS) is 12.6. The van der Waals surface area contributed by atoms with E-state index in [1.54, 1.807) is 20.9 Å². The first-order valence-corrected chi connectivity index (χ1v) is 9.35. The van der Waals surface area contributed by atoms with Gasteiger partial charge in [-0.25, -0.2) is 14.8 Å². The van der Waals surface area contributed by atoms with E-state index in [-0.39, 0.29) is 23.6 Å². The molecule has 1 atom stereocenters. The van der Waals surface area contributed by atoms with Crippen LogP contribution < -0.4 is 11.2 Å². The molecule has 0 unspecified atom stereocenters. The van der Waals surface area contributed by atoms with Gasteiger partial charge < -0.3 is 4.74 Å². The number of aryl methyl sites for hydroxylation is 1. The summed E-state index contributed by atoms with van der Waals surface area (Å²) in [7, 11) is 2.98. The van der Waals surface area contributed by atoms with Crippen LogP contribution in [0.5, 0.6) is 0 Å². The van der Waals surface area contributed by atoms with E-state index in [9.17, 15) is 14.4 Å². The van der Waals surface area contributed by atoms with Gasteiger partial charge in [0.25, 0.3) is 5.56 Å². The van der Waals surface area contributed by atoms with Crippen LogP contribution >= 0.6 is 11.8 Å². The molecule has 0 saturated carbocycles. The minimum atomic E-state index is -0.540. The zero-order valence-electron chi connectivity index (χ0n) is 15.9. The molecule has 2 aromatic rings. The van der Waals surface area contributed by atoms with E-state index < -0.39 is 16.5 Å². The molecule has 9 heteroatoms. The van der Waals surface area contributed by atoms with Crippen LogP contribution in [0.4, 0.5) is 0 Å². The van der Waals surface area contributed by atoms with E-state index >= 15 is 0 Å². The average molecular weight is 380 g/mol. The highest BCUT2D eigenvalue weighted by atomic mass is 32.2. The van der Waals surface area contributed by atoms with Crippen molar-refractivity contribution in [3.8, 4) is 0 Å². The third kappa shape index (κ3) is 3.98. The molecule has 2 aromatic heterocycles. The van der Waals surface area contributed by atoms with Crippen molar-refractivity contribution >= 4 is 28.8 Å². The Morgan fingerprint density at radius 2 is 1.81 bits per heavy atom. The molecular formula is C17H24N4O4S. The highest BCUT2D eigenvalue weighted by molar-refractivity contribution is 8.00. The van der Waals surface area contributed by atoms with Gasteiger partial charge in [-0.2, -0.15) is 0 Å². The van der Waals surface area contributed by atoms with Gasteiger partial charge in [0, 0.05) is 20.5 Å². The average Bonchev–Trinajstić information content (AvgIpc) is 2.57. The minimum Gasteiger partial charge on any atom is -0.465 e. The van der Waals surface area contributed by atoms with Crippen molar-refractivity contribution in [2.75, 3.05) is 6.61 Å². The Bertz CT molecular complexity index is 948. The maximum absolute atomic E-state index is 12.7. The first kappa shape index (κ1) is 20.2. The third-order valence-electron chi connectivity index (χ3n) is 3.81. The van der Waals surface area contributed by atoms with E-state index in [0.29, 0.717) is 23.2 Å². The second-order valence-electron chi connectivity index (χ2n) is 6.46. The van der Waals surface area contributed by atoms with Crippen LogP contribution in [0.15, 0.2) is 14.6 Å². The molecule has 26 heavy (non-hydrogen) atoms. The lowest BCUT2D eigenvalue weighted by atomic mass is 10.1. The lowest BCUT2D eigenvalue weighted by Crippen LogP contribution is -2.38. The number of hydrogen-bond donors (Lipinski definition) is 0. The predicted molar refractivity (Wildman–Crippen MR) is 101 cm³/mol. The SMILES string of the molecule is CCOC(=O)[C@H](C)Sc1nc(CC(C)C)nc2c1c(=O)n(C)c(=O)n2C. The van der Waals surface area contributed by atoms with Crippen LogP contribution in [0, 0.1) is 5.92 Å². The van der Waals surface area contributed by atoms with Gasteiger partial charge in [-0.1, -0.05) is 25.6 Å². The van der Waals surface area contributed by atoms with Gasteiger partial charge in [-0.05, 0) is 19.8 Å². The van der Waals surface area contributed by atoms with Gasteiger partial charge in [0.05, 0.1) is 6.61 Å². The van der Waals surface area contributed by atoms with Gasteiger partial charge >= 0.3 is 11.7 Å². The van der Waals surface area contributed by atoms with Crippen LogP contribution in [0.3, 0.4) is 0 Å². The lowest BCUT2D eigenvalue weighted by Gasteiger charge is -2.14. The summed E-state index contributed by atoms with van der Waals surface area (Å²) in [4.78, 5) is 45.9. The number of thioether (sulfide) groups is 1. The van der Waals surface area contributed by atoms with Gasteiger partial charge in [0.2, 0.25) is 0 Å². The molecule has 0 aliphatic carbocycles. The Labute approximate surface area is 155 Å². The highest BCUT2D eigenvalue weighted by Crippen LogP contribution is 2.27. The summed E-state index contributed by atoms with van der Waals surface area (Å²) in [5, 5.41) is 0.0903. The first-order valence-electron chi connectivity index (χ1n) is 8.47. The molecule has 0 bridgehead atoms. The minimum absolute atomic E-state index is 0.239. The number of nitrogens with zero attached hydrogens (tertiary/aromatic N) is 4. The van der Waals surface area contributed by atoms with Crippen LogP contribution in [0.1, 0.15) is 33.5 Å². The fourth-order valence-corrected chi connectivity index (χ4v) is 3.44. The lowest BCUT2D eigenvalue weighted by molar-refractivity contribution is -0.142. The number of rotatable bonds is 6. The Balaban J connectivity index is 2.71. The van der Waals surface area contributed by atoms with Crippen molar-refractivity contribution in [2.45, 2.75) is 44.4 Å². The van der Waals surface area contributed by atoms with Crippen LogP contribution in [-0.2, 0) is 30.0 Å². The van der Waals surface area contributed by atoms with Crippen molar-refractivity contribution in [3.63, 3.8) is 0 Å². The molecule has 0 spiro atoms. The second-order valence-corrected chi connectivity index (χ2v) is 7.79. The molecule has 142 valence electrons. The summed E-state index contributed by atoms with van der Waals surface area (Å²) < 4.78 is 7.39. The molecule has 8 nitrogen and oxygen atoms in total. The molecule has 0 fully saturated rings. The number of carbonyl (C=O) groups is 1. The molecule has 2 rings (SSSR count). The third-order valence-corrected chi connectivity index (χ3v) is 4.88. The molecule has 0 aromatic carbocycles. The van der Waals surface area contributed by atoms with E-state index in [1.807, 2.05) is 13.8 Å². The standard InChI is InChI=1S/C17H24N4O4S/c1-7-25-16(23)10(4)26-14-12-13(18-11(19-14)8-9(2)3)20(5)17(24)21(6)15(12)22/h9-10H,7-8H2,1-6H3/t10-/m0/s1. The molecular weight excluding hydrogens is 356 g/mol. The van der Waals surface area contributed by atoms with Crippen molar-refractivity contribution in [3.05, 3.63) is 26.7 Å². The maximum atomic E-state index is 12.7. The summed E-state index contributed by atoms with van der Waals surface area (Å²) in [6.07, 6.45) is 0.598. The molecule has 0 radical (unpaired) electrons. The fourth-order valence-electron chi connectivity index (χ4n) is 2.49. The molecule has 0 saturated heterocycles. The second kappa shape index (κ2) is 8.03. The Morgan fingerprint density at radius 3 is 2.38 bits per heavy atom. The number of ether oxygens (including phenoxy) is 1. The van der Waals surface area contributed by atoms with Crippen molar-refractivity contribution < 1.29 is 9.53 Å². The summed E-state index contributed by atoms with van der Waals surface area (Å²) in [6, 6.07) is 0. The van der Waals surface area contributed by atoms with E-state index in [1.165, 1.54) is 11.6 Å². The van der Waals surface area contributed by atoms with E-state index in [0.717, 1.165) is 16.3 Å². The van der Waals surface area contributed by atoms with Gasteiger partial charge in [0.15, 0.2) is 5.65 Å². The summed E-state index contributed by atoms with van der Waals surface area (Å²) >= 11 is 1.15. The molecule has 2 heterocycles. The van der Waals surface area contributed by atoms with Crippen molar-refractivity contribution in [1.82, 2.24) is 19.1 Å². The maximum Gasteiger partial charge on any atom is 0.332 e. The molecule has 0 N–H and O–H groups in total. The summed E-state index contributed by atoms with van der Waals surface area (Å²) in [5.41, 5.74) is -0.647. The monoisotopic (exact) mass is 380 g/mol. The number of esters is 1. The van der Waals surface area contributed by atoms with Crippen molar-refractivity contribution in [1.29, 1.82) is 0 Å². The van der Waals surface area contributed by atoms with Crippen LogP contribution in [0.2, 0.25) is 0 Å². The largest absolute Gasteiger partial charge is 0.465 e. The van der Waals surface area contributed by atoms with Gasteiger partial charge in [-0.15, -0.1) is 0 Å². The number of carbonyl (C=O) groups excluding carboxylic acids is 1. The zero-order chi connectivity index (χ0) is 19.6. The van der Waals surface area contributed by atoms with Crippen molar-refractivity contribution in [2.24, 2.45) is 20.0 Å². The van der Waals surface area contributed by atoms with Crippen LogP contribution in [-0.4, -0.2) is 36.9 Å². The van der Waals surface area contributed by atoms with Gasteiger partial charge in [-0.3, -0.25) is 18.7 Å². The number of fused-ring (bicyclic) bond motifs is 1. The number of aromatic nitrogens is 4. The zero-order valence-corrected chi connectivity index (χ0v) is 16.7. The summed E-state index contributed by atoms with van der Waals surface area (Å²) in [5.74, 6) is 0.460. The fraction of sp³-hybridized carbons (Fsp3) is 0.588. The first-order chi connectivity index (χ1) is 12.2. The molecule has 0 aliphatic heterocycles. The summed E-state index contributed by atoms with van der Waals surface area (Å²) in [6.45, 7) is 7.78. The quantitative estimate of drug-likeness (QED) is 0.423. The predicted octanol–water partition coefficient (Wildman–Crippen LogP) is 1.27. The van der Waals surface area contributed by atoms with E-state index in [4.69, 9.17) is 4.74 Å². The highest BCUT2D eigenvalue weighted by Gasteiger charge is 2.22. The Morgan fingerprint density at radius 1 is 1.15 bits per heavy atom. The van der Waals surface area contributed by atoms with E-state index in [2.05, 4.69) is 9.97 Å².